The van der Waals surface area contributed by atoms with E-state index < -0.39 is 13.7 Å². The minimum Gasteiger partial charge on any atom is -0.444 e. The number of carbonyl (C=O) groups excluding carboxylic acids is 1. The number of likely N-dealkylation sites (tertiary alicyclic amines) is 1. The Hall–Kier alpha value is -2.39. The number of ether oxygens (including phenoxy) is 3. The van der Waals surface area contributed by atoms with Crippen LogP contribution < -0.4 is 0 Å². The predicted octanol–water partition coefficient (Wildman–Crippen LogP) is 8.05. The number of amides is 1. The maximum atomic E-state index is 12.7. The number of hydrogen-bond acceptors (Lipinski definition) is 5. The maximum Gasteiger partial charge on any atom is 0.410 e. The molecule has 0 bridgehead atoms. The summed E-state index contributed by atoms with van der Waals surface area (Å²) in [4.78, 5) is 14.6. The van der Waals surface area contributed by atoms with Gasteiger partial charge in [-0.05, 0) is 64.3 Å². The van der Waals surface area contributed by atoms with Crippen LogP contribution in [-0.2, 0) is 26.4 Å². The fourth-order valence-electron chi connectivity index (χ4n) is 5.21. The van der Waals surface area contributed by atoms with Crippen LogP contribution in [0.3, 0.4) is 0 Å². The number of nitrogens with zero attached hydrogens (tertiary/aromatic N) is 3. The van der Waals surface area contributed by atoms with Crippen LogP contribution in [0.2, 0.25) is 30.7 Å². The molecule has 1 unspecified atom stereocenters. The number of hydrogen-bond donors (Lipinski definition) is 0. The van der Waals surface area contributed by atoms with Crippen LogP contribution in [0.5, 0.6) is 0 Å². The Balaban J connectivity index is 1.48. The monoisotopic (exact) mass is 599 g/mol. The number of piperidine rings is 1. The highest BCUT2D eigenvalue weighted by Gasteiger charge is 2.39. The summed E-state index contributed by atoms with van der Waals surface area (Å²) >= 11 is 6.55. The highest BCUT2D eigenvalue weighted by atomic mass is 35.5. The zero-order chi connectivity index (χ0) is 29.8. The van der Waals surface area contributed by atoms with Crippen molar-refractivity contribution in [3.8, 4) is 0 Å². The smallest absolute Gasteiger partial charge is 0.410 e. The van der Waals surface area contributed by atoms with E-state index in [9.17, 15) is 4.79 Å². The molecule has 1 aliphatic heterocycles. The quantitative estimate of drug-likeness (QED) is 0.174. The Morgan fingerprint density at radius 3 is 2.44 bits per heavy atom. The van der Waals surface area contributed by atoms with E-state index in [0.717, 1.165) is 42.0 Å². The second-order valence-electron chi connectivity index (χ2n) is 13.5. The van der Waals surface area contributed by atoms with E-state index in [-0.39, 0.29) is 17.6 Å². The molecule has 9 heteroatoms. The van der Waals surface area contributed by atoms with Gasteiger partial charge in [0.05, 0.1) is 18.2 Å². The zero-order valence-electron chi connectivity index (χ0n) is 25.7. The highest BCUT2D eigenvalue weighted by molar-refractivity contribution is 6.76. The molecular formula is C32H46ClN3O4Si. The van der Waals surface area contributed by atoms with Gasteiger partial charge < -0.3 is 19.1 Å². The summed E-state index contributed by atoms with van der Waals surface area (Å²) in [5.41, 5.74) is 2.34. The molecule has 2 aromatic carbocycles. The lowest BCUT2D eigenvalue weighted by Gasteiger charge is -2.42. The Labute approximate surface area is 251 Å². The normalized spacial score (nSPS) is 16.6. The molecule has 1 aromatic heterocycles. The van der Waals surface area contributed by atoms with Crippen molar-refractivity contribution in [3.05, 3.63) is 64.8 Å². The van der Waals surface area contributed by atoms with Crippen LogP contribution >= 0.6 is 11.6 Å². The van der Waals surface area contributed by atoms with E-state index in [2.05, 4.69) is 50.8 Å². The van der Waals surface area contributed by atoms with Crippen molar-refractivity contribution < 1.29 is 19.0 Å². The van der Waals surface area contributed by atoms with E-state index in [1.807, 2.05) is 54.7 Å². The van der Waals surface area contributed by atoms with Crippen LogP contribution in [0.15, 0.2) is 48.7 Å². The second-order valence-corrected chi connectivity index (χ2v) is 19.6. The van der Waals surface area contributed by atoms with Gasteiger partial charge in [0, 0.05) is 55.4 Å². The van der Waals surface area contributed by atoms with Crippen LogP contribution in [-0.4, -0.2) is 60.8 Å². The molecule has 1 aliphatic rings. The van der Waals surface area contributed by atoms with Gasteiger partial charge in [0.1, 0.15) is 12.3 Å². The van der Waals surface area contributed by atoms with Gasteiger partial charge in [-0.25, -0.2) is 9.48 Å². The molecule has 0 N–H and O–H groups in total. The lowest BCUT2D eigenvalue weighted by atomic mass is 9.73. The van der Waals surface area contributed by atoms with Gasteiger partial charge in [-0.1, -0.05) is 61.6 Å². The SMILES string of the molecule is CC(OCC1(c2ccccc2)CCN(C(=O)OC(C)(C)C)CC1)c1cc(Cl)cc2cn(COCC[Si](C)(C)C)nc12. The Morgan fingerprint density at radius 1 is 1.12 bits per heavy atom. The molecular weight excluding hydrogens is 554 g/mol. The molecule has 41 heavy (non-hydrogen) atoms. The van der Waals surface area contributed by atoms with Gasteiger partial charge in [0.15, 0.2) is 0 Å². The van der Waals surface area contributed by atoms with Gasteiger partial charge in [-0.2, -0.15) is 5.10 Å². The van der Waals surface area contributed by atoms with Gasteiger partial charge >= 0.3 is 6.09 Å². The van der Waals surface area contributed by atoms with Crippen molar-refractivity contribution in [1.82, 2.24) is 14.7 Å². The molecule has 0 spiro atoms. The van der Waals surface area contributed by atoms with Gasteiger partial charge in [0.25, 0.3) is 0 Å². The van der Waals surface area contributed by atoms with Crippen molar-refractivity contribution in [2.75, 3.05) is 26.3 Å². The van der Waals surface area contributed by atoms with Crippen LogP contribution in [0.4, 0.5) is 4.79 Å². The van der Waals surface area contributed by atoms with Gasteiger partial charge in [-0.3, -0.25) is 0 Å². The lowest BCUT2D eigenvalue weighted by Crippen LogP contribution is -2.48. The van der Waals surface area contributed by atoms with E-state index in [1.54, 1.807) is 0 Å². The van der Waals surface area contributed by atoms with E-state index in [4.69, 9.17) is 30.9 Å². The predicted molar refractivity (Wildman–Crippen MR) is 168 cm³/mol. The summed E-state index contributed by atoms with van der Waals surface area (Å²) < 4.78 is 20.1. The lowest BCUT2D eigenvalue weighted by molar-refractivity contribution is -0.00933. The van der Waals surface area contributed by atoms with Crippen molar-refractivity contribution in [1.29, 1.82) is 0 Å². The average molecular weight is 600 g/mol. The van der Waals surface area contributed by atoms with Gasteiger partial charge in [0.2, 0.25) is 0 Å². The Kier molecular flexibility index (Phi) is 9.89. The molecule has 3 aromatic rings. The molecule has 1 saturated heterocycles. The van der Waals surface area contributed by atoms with Crippen molar-refractivity contribution in [2.24, 2.45) is 0 Å². The molecule has 224 valence electrons. The standard InChI is InChI=1S/C32H46ClN3O4Si/c1-24(28-20-27(33)19-25-21-36(34-29(25)28)23-38-17-18-41(5,6)7)39-22-32(26-11-9-8-10-12-26)13-15-35(16-14-32)30(37)40-31(2,3)4/h8-12,19-21,24H,13-18,22-23H2,1-7H3. The molecule has 7 nitrogen and oxygen atoms in total. The first-order valence-electron chi connectivity index (χ1n) is 14.6. The Bertz CT molecular complexity index is 1310. The molecule has 0 aliphatic carbocycles. The first kappa shape index (κ1) is 31.5. The number of halogens is 1. The minimum atomic E-state index is -1.15. The molecule has 0 saturated carbocycles. The fraction of sp³-hybridized carbons (Fsp3) is 0.562. The number of aromatic nitrogens is 2. The molecule has 2 heterocycles. The number of rotatable bonds is 10. The highest BCUT2D eigenvalue weighted by Crippen LogP contribution is 2.38. The first-order valence-corrected chi connectivity index (χ1v) is 18.7. The summed E-state index contributed by atoms with van der Waals surface area (Å²) in [5, 5.41) is 6.47. The number of benzene rings is 2. The number of carbonyl (C=O) groups is 1. The molecule has 1 fully saturated rings. The van der Waals surface area contributed by atoms with Crippen molar-refractivity contribution in [2.45, 2.75) is 90.1 Å². The summed E-state index contributed by atoms with van der Waals surface area (Å²) in [6, 6.07) is 15.5. The molecule has 4 rings (SSSR count). The average Bonchev–Trinajstić information content (AvgIpc) is 3.31. The van der Waals surface area contributed by atoms with Gasteiger partial charge in [-0.15, -0.1) is 0 Å². The Morgan fingerprint density at radius 2 is 1.80 bits per heavy atom. The first-order chi connectivity index (χ1) is 19.2. The second kappa shape index (κ2) is 12.9. The zero-order valence-corrected chi connectivity index (χ0v) is 27.5. The third kappa shape index (κ3) is 8.57. The van der Waals surface area contributed by atoms with Crippen LogP contribution in [0, 0.1) is 0 Å². The van der Waals surface area contributed by atoms with Crippen LogP contribution in [0.1, 0.15) is 57.8 Å². The summed E-state index contributed by atoms with van der Waals surface area (Å²) in [6.07, 6.45) is 3.09. The van der Waals surface area contributed by atoms with Crippen molar-refractivity contribution in [3.63, 3.8) is 0 Å². The number of fused-ring (bicyclic) bond motifs is 1. The minimum absolute atomic E-state index is 0.213. The third-order valence-corrected chi connectivity index (χ3v) is 9.60. The van der Waals surface area contributed by atoms with E-state index >= 15 is 0 Å². The van der Waals surface area contributed by atoms with E-state index in [0.29, 0.717) is 31.4 Å². The third-order valence-electron chi connectivity index (χ3n) is 7.68. The molecule has 1 atom stereocenters. The molecule has 1 amide bonds. The summed E-state index contributed by atoms with van der Waals surface area (Å²) in [7, 11) is -1.15. The van der Waals surface area contributed by atoms with Crippen LogP contribution in [0.25, 0.3) is 10.9 Å². The fourth-order valence-corrected chi connectivity index (χ4v) is 6.20. The summed E-state index contributed by atoms with van der Waals surface area (Å²) in [6.45, 7) is 17.7. The maximum absolute atomic E-state index is 12.7. The molecule has 0 radical (unpaired) electrons. The summed E-state index contributed by atoms with van der Waals surface area (Å²) in [5.74, 6) is 0. The van der Waals surface area contributed by atoms with E-state index in [1.165, 1.54) is 5.56 Å². The largest absolute Gasteiger partial charge is 0.444 e. The van der Waals surface area contributed by atoms with Crippen molar-refractivity contribution >= 4 is 36.7 Å². The topological polar surface area (TPSA) is 65.8 Å².